The maximum absolute atomic E-state index is 5.80. The molecule has 106 valence electrons. The van der Waals surface area contributed by atoms with Crippen LogP contribution in [0.5, 0.6) is 5.75 Å². The molecule has 19 heavy (non-hydrogen) atoms. The summed E-state index contributed by atoms with van der Waals surface area (Å²) in [5.41, 5.74) is 8.40. The van der Waals surface area contributed by atoms with Crippen molar-refractivity contribution in [3.8, 4) is 5.75 Å². The van der Waals surface area contributed by atoms with E-state index in [2.05, 4.69) is 30.0 Å². The molecular weight excluding hydrogens is 236 g/mol. The molecule has 1 atom stereocenters. The number of likely N-dealkylation sites (tertiary alicyclic amines) is 1. The Hall–Kier alpha value is -1.06. The van der Waals surface area contributed by atoms with Gasteiger partial charge in [-0.05, 0) is 69.9 Å². The Morgan fingerprint density at radius 3 is 2.63 bits per heavy atom. The van der Waals surface area contributed by atoms with Crippen molar-refractivity contribution in [2.24, 2.45) is 5.73 Å². The van der Waals surface area contributed by atoms with Gasteiger partial charge in [-0.25, -0.2) is 0 Å². The highest BCUT2D eigenvalue weighted by Gasteiger charge is 2.23. The summed E-state index contributed by atoms with van der Waals surface area (Å²) < 4.78 is 5.62. The Morgan fingerprint density at radius 1 is 1.32 bits per heavy atom. The van der Waals surface area contributed by atoms with E-state index < -0.39 is 0 Å². The molecule has 2 rings (SSSR count). The molecule has 3 nitrogen and oxygen atoms in total. The third-order valence-electron chi connectivity index (χ3n) is 3.91. The van der Waals surface area contributed by atoms with Crippen molar-refractivity contribution >= 4 is 0 Å². The fourth-order valence-corrected chi connectivity index (χ4v) is 2.97. The molecular formula is C16H26N2O. The van der Waals surface area contributed by atoms with Crippen LogP contribution in [0.2, 0.25) is 0 Å². The Labute approximate surface area is 116 Å². The first-order valence-electron chi connectivity index (χ1n) is 7.43. The van der Waals surface area contributed by atoms with Crippen LogP contribution in [0, 0.1) is 6.92 Å². The summed E-state index contributed by atoms with van der Waals surface area (Å²) in [6.45, 7) is 8.02. The molecule has 1 aliphatic heterocycles. The van der Waals surface area contributed by atoms with E-state index in [0.29, 0.717) is 6.04 Å². The van der Waals surface area contributed by atoms with Gasteiger partial charge in [-0.1, -0.05) is 12.1 Å². The van der Waals surface area contributed by atoms with Crippen molar-refractivity contribution in [3.63, 3.8) is 0 Å². The van der Waals surface area contributed by atoms with Gasteiger partial charge < -0.3 is 10.5 Å². The first-order chi connectivity index (χ1) is 9.26. The monoisotopic (exact) mass is 262 g/mol. The van der Waals surface area contributed by atoms with E-state index in [-0.39, 0.29) is 0 Å². The second kappa shape index (κ2) is 6.92. The van der Waals surface area contributed by atoms with Gasteiger partial charge in [0.1, 0.15) is 5.75 Å². The van der Waals surface area contributed by atoms with Gasteiger partial charge in [-0.15, -0.1) is 0 Å². The summed E-state index contributed by atoms with van der Waals surface area (Å²) in [4.78, 5) is 2.57. The van der Waals surface area contributed by atoms with E-state index in [4.69, 9.17) is 10.5 Å². The van der Waals surface area contributed by atoms with Crippen LogP contribution >= 0.6 is 0 Å². The number of nitrogens with zero attached hydrogens (tertiary/aromatic N) is 1. The van der Waals surface area contributed by atoms with Gasteiger partial charge in [-0.2, -0.15) is 0 Å². The molecule has 1 aromatic carbocycles. The number of rotatable bonds is 6. The predicted octanol–water partition coefficient (Wildman–Crippen LogP) is 2.88. The van der Waals surface area contributed by atoms with Crippen LogP contribution in [0.4, 0.5) is 0 Å². The Morgan fingerprint density at radius 2 is 2.05 bits per heavy atom. The fourth-order valence-electron chi connectivity index (χ4n) is 2.97. The summed E-state index contributed by atoms with van der Waals surface area (Å²) in [5, 5.41) is 0. The third-order valence-corrected chi connectivity index (χ3v) is 3.91. The normalized spacial score (nSPS) is 17.6. The summed E-state index contributed by atoms with van der Waals surface area (Å²) >= 11 is 0. The number of nitrogens with two attached hydrogens (primary N) is 1. The smallest absolute Gasteiger partial charge is 0.122 e. The number of hydrogen-bond acceptors (Lipinski definition) is 3. The lowest BCUT2D eigenvalue weighted by Crippen LogP contribution is -2.27. The summed E-state index contributed by atoms with van der Waals surface area (Å²) in [7, 11) is 0. The standard InChI is InChI=1S/C16H26N2O/c1-3-19-16-7-6-14(12-13(16)2)15(8-9-17)18-10-4-5-11-18/h6-7,12,15H,3-5,8-11,17H2,1-2H3. The van der Waals surface area contributed by atoms with Crippen LogP contribution < -0.4 is 10.5 Å². The molecule has 3 heteroatoms. The molecule has 0 spiro atoms. The molecule has 0 aliphatic carbocycles. The van der Waals surface area contributed by atoms with Crippen molar-refractivity contribution < 1.29 is 4.74 Å². The van der Waals surface area contributed by atoms with Crippen molar-refractivity contribution in [1.29, 1.82) is 0 Å². The minimum absolute atomic E-state index is 0.474. The van der Waals surface area contributed by atoms with Gasteiger partial charge in [0, 0.05) is 6.04 Å². The summed E-state index contributed by atoms with van der Waals surface area (Å²) in [6.07, 6.45) is 3.67. The van der Waals surface area contributed by atoms with E-state index in [9.17, 15) is 0 Å². The molecule has 1 saturated heterocycles. The largest absolute Gasteiger partial charge is 0.494 e. The highest BCUT2D eigenvalue weighted by Crippen LogP contribution is 2.30. The van der Waals surface area contributed by atoms with Gasteiger partial charge >= 0.3 is 0 Å². The minimum Gasteiger partial charge on any atom is -0.494 e. The first kappa shape index (κ1) is 14.4. The molecule has 1 heterocycles. The van der Waals surface area contributed by atoms with Crippen molar-refractivity contribution in [2.45, 2.75) is 39.2 Å². The minimum atomic E-state index is 0.474. The van der Waals surface area contributed by atoms with E-state index in [1.54, 1.807) is 0 Å². The Bertz CT molecular complexity index is 400. The zero-order chi connectivity index (χ0) is 13.7. The molecule has 0 aromatic heterocycles. The Balaban J connectivity index is 2.18. The second-order valence-corrected chi connectivity index (χ2v) is 5.29. The third kappa shape index (κ3) is 3.48. The first-order valence-corrected chi connectivity index (χ1v) is 7.43. The van der Waals surface area contributed by atoms with Crippen LogP contribution in [0.25, 0.3) is 0 Å². The zero-order valence-electron chi connectivity index (χ0n) is 12.2. The highest BCUT2D eigenvalue weighted by atomic mass is 16.5. The number of hydrogen-bond donors (Lipinski definition) is 1. The van der Waals surface area contributed by atoms with Crippen molar-refractivity contribution in [2.75, 3.05) is 26.2 Å². The molecule has 0 amide bonds. The SMILES string of the molecule is CCOc1ccc(C(CCN)N2CCCC2)cc1C. The summed E-state index contributed by atoms with van der Waals surface area (Å²) in [5.74, 6) is 0.999. The maximum Gasteiger partial charge on any atom is 0.122 e. The van der Waals surface area contributed by atoms with Gasteiger partial charge in [0.25, 0.3) is 0 Å². The second-order valence-electron chi connectivity index (χ2n) is 5.29. The van der Waals surface area contributed by atoms with Crippen LogP contribution in [-0.2, 0) is 0 Å². The van der Waals surface area contributed by atoms with Crippen LogP contribution in [0.15, 0.2) is 18.2 Å². The van der Waals surface area contributed by atoms with E-state index in [1.165, 1.54) is 37.1 Å². The van der Waals surface area contributed by atoms with E-state index in [0.717, 1.165) is 25.3 Å². The van der Waals surface area contributed by atoms with Crippen molar-refractivity contribution in [1.82, 2.24) is 4.90 Å². The van der Waals surface area contributed by atoms with E-state index in [1.807, 2.05) is 6.92 Å². The average Bonchev–Trinajstić information content (AvgIpc) is 2.92. The van der Waals surface area contributed by atoms with Gasteiger partial charge in [-0.3, -0.25) is 4.90 Å². The molecule has 1 aromatic rings. The van der Waals surface area contributed by atoms with E-state index >= 15 is 0 Å². The van der Waals surface area contributed by atoms with Gasteiger partial charge in [0.15, 0.2) is 0 Å². The topological polar surface area (TPSA) is 38.5 Å². The van der Waals surface area contributed by atoms with Crippen LogP contribution in [0.1, 0.15) is 43.4 Å². The lowest BCUT2D eigenvalue weighted by atomic mass is 10.00. The molecule has 1 fully saturated rings. The lowest BCUT2D eigenvalue weighted by molar-refractivity contribution is 0.235. The zero-order valence-corrected chi connectivity index (χ0v) is 12.2. The molecule has 1 unspecified atom stereocenters. The predicted molar refractivity (Wildman–Crippen MR) is 79.6 cm³/mol. The van der Waals surface area contributed by atoms with Gasteiger partial charge in [0.05, 0.1) is 6.61 Å². The molecule has 2 N–H and O–H groups in total. The summed E-state index contributed by atoms with van der Waals surface area (Å²) in [6, 6.07) is 7.05. The molecule has 0 radical (unpaired) electrons. The average molecular weight is 262 g/mol. The fraction of sp³-hybridized carbons (Fsp3) is 0.625. The highest BCUT2D eigenvalue weighted by molar-refractivity contribution is 5.37. The maximum atomic E-state index is 5.80. The number of benzene rings is 1. The van der Waals surface area contributed by atoms with Crippen LogP contribution in [-0.4, -0.2) is 31.1 Å². The Kier molecular flexibility index (Phi) is 5.23. The van der Waals surface area contributed by atoms with Crippen LogP contribution in [0.3, 0.4) is 0 Å². The lowest BCUT2D eigenvalue weighted by Gasteiger charge is -2.28. The quantitative estimate of drug-likeness (QED) is 0.856. The molecule has 1 aliphatic rings. The number of aryl methyl sites for hydroxylation is 1. The van der Waals surface area contributed by atoms with Crippen molar-refractivity contribution in [3.05, 3.63) is 29.3 Å². The molecule has 0 saturated carbocycles. The number of ether oxygens (including phenoxy) is 1. The molecule has 0 bridgehead atoms. The van der Waals surface area contributed by atoms with Gasteiger partial charge in [0.2, 0.25) is 0 Å².